The summed E-state index contributed by atoms with van der Waals surface area (Å²) in [4.78, 5) is 11.5. The Labute approximate surface area is 123 Å². The van der Waals surface area contributed by atoms with Gasteiger partial charge < -0.3 is 10.8 Å². The molecule has 0 amide bonds. The lowest BCUT2D eigenvalue weighted by Gasteiger charge is -2.22. The maximum atomic E-state index is 11.5. The molecule has 1 aromatic heterocycles. The molecular formula is C16H19N3O2. The average Bonchev–Trinajstić information content (AvgIpc) is 2.87. The molecule has 1 aromatic carbocycles. The van der Waals surface area contributed by atoms with Gasteiger partial charge in [0.1, 0.15) is 0 Å². The second-order valence-corrected chi connectivity index (χ2v) is 5.48. The lowest BCUT2D eigenvalue weighted by molar-refractivity contribution is 0.0687. The largest absolute Gasteiger partial charge is 0.476 e. The molecule has 2 aromatic rings. The minimum absolute atomic E-state index is 0.115. The van der Waals surface area contributed by atoms with Crippen LogP contribution >= 0.6 is 0 Å². The van der Waals surface area contributed by atoms with Gasteiger partial charge in [0.05, 0.1) is 6.54 Å². The number of fused-ring (bicyclic) bond motifs is 1. The molecule has 1 heterocycles. The molecule has 3 N–H and O–H groups in total. The van der Waals surface area contributed by atoms with E-state index in [0.29, 0.717) is 13.1 Å². The molecule has 110 valence electrons. The molecule has 5 heteroatoms. The molecule has 0 fully saturated rings. The van der Waals surface area contributed by atoms with Crippen LogP contribution in [-0.2, 0) is 13.0 Å². The van der Waals surface area contributed by atoms with E-state index >= 15 is 0 Å². The maximum Gasteiger partial charge on any atom is 0.356 e. The molecule has 0 saturated carbocycles. The number of aromatic nitrogens is 2. The summed E-state index contributed by atoms with van der Waals surface area (Å²) >= 11 is 0. The summed E-state index contributed by atoms with van der Waals surface area (Å²) in [5, 5.41) is 13.8. The van der Waals surface area contributed by atoms with Crippen molar-refractivity contribution in [1.82, 2.24) is 9.78 Å². The van der Waals surface area contributed by atoms with Gasteiger partial charge in [0, 0.05) is 17.2 Å². The normalized spacial score (nSPS) is 17.5. The van der Waals surface area contributed by atoms with Crippen LogP contribution < -0.4 is 5.73 Å². The van der Waals surface area contributed by atoms with E-state index in [1.165, 1.54) is 0 Å². The Morgan fingerprint density at radius 1 is 1.38 bits per heavy atom. The zero-order chi connectivity index (χ0) is 14.8. The van der Waals surface area contributed by atoms with Crippen molar-refractivity contribution in [2.24, 2.45) is 5.73 Å². The lowest BCUT2D eigenvalue weighted by atomic mass is 9.85. The van der Waals surface area contributed by atoms with Crippen LogP contribution in [0.5, 0.6) is 0 Å². The molecule has 3 rings (SSSR count). The summed E-state index contributed by atoms with van der Waals surface area (Å²) < 4.78 is 1.84. The van der Waals surface area contributed by atoms with Crippen LogP contribution in [0, 0.1) is 0 Å². The maximum absolute atomic E-state index is 11.5. The first-order valence-electron chi connectivity index (χ1n) is 7.27. The topological polar surface area (TPSA) is 81.1 Å². The van der Waals surface area contributed by atoms with E-state index in [1.54, 1.807) is 0 Å². The van der Waals surface area contributed by atoms with Gasteiger partial charge in [0.15, 0.2) is 5.69 Å². The number of carboxylic acid groups (broad SMARTS) is 1. The fourth-order valence-electron chi connectivity index (χ4n) is 3.14. The van der Waals surface area contributed by atoms with Crippen LogP contribution in [0.3, 0.4) is 0 Å². The van der Waals surface area contributed by atoms with Crippen molar-refractivity contribution >= 4 is 5.97 Å². The molecule has 1 aliphatic rings. The van der Waals surface area contributed by atoms with Crippen molar-refractivity contribution in [3.8, 4) is 0 Å². The van der Waals surface area contributed by atoms with E-state index in [1.807, 2.05) is 35.0 Å². The number of hydrogen-bond acceptors (Lipinski definition) is 3. The summed E-state index contributed by atoms with van der Waals surface area (Å²) in [6, 6.07) is 9.98. The van der Waals surface area contributed by atoms with Gasteiger partial charge >= 0.3 is 5.97 Å². The van der Waals surface area contributed by atoms with Gasteiger partial charge in [0.2, 0.25) is 0 Å². The van der Waals surface area contributed by atoms with Gasteiger partial charge in [0.25, 0.3) is 0 Å². The van der Waals surface area contributed by atoms with E-state index in [9.17, 15) is 9.90 Å². The summed E-state index contributed by atoms with van der Waals surface area (Å²) in [7, 11) is 0. The number of nitrogens with zero attached hydrogens (tertiary/aromatic N) is 2. The zero-order valence-corrected chi connectivity index (χ0v) is 11.8. The fourth-order valence-corrected chi connectivity index (χ4v) is 3.14. The first-order chi connectivity index (χ1) is 10.2. The Morgan fingerprint density at radius 2 is 2.14 bits per heavy atom. The van der Waals surface area contributed by atoms with Gasteiger partial charge in [-0.1, -0.05) is 30.3 Å². The number of hydrogen-bond donors (Lipinski definition) is 2. The van der Waals surface area contributed by atoms with E-state index in [4.69, 9.17) is 5.73 Å². The average molecular weight is 285 g/mol. The Balaban J connectivity index is 2.04. The third-order valence-corrected chi connectivity index (χ3v) is 4.13. The molecule has 0 saturated heterocycles. The third kappa shape index (κ3) is 2.56. The standard InChI is InChI=1S/C16H19N3O2/c17-9-12-7-4-8-13-14(12)15(16(20)21)18-19(13)10-11-5-2-1-3-6-11/h1-3,5-6,12H,4,7-10,17H2,(H,20,21). The molecular weight excluding hydrogens is 266 g/mol. The predicted molar refractivity (Wildman–Crippen MR) is 79.5 cm³/mol. The van der Waals surface area contributed by atoms with E-state index < -0.39 is 5.97 Å². The summed E-state index contributed by atoms with van der Waals surface area (Å²) in [6.45, 7) is 1.08. The first kappa shape index (κ1) is 13.8. The van der Waals surface area contributed by atoms with Crippen LogP contribution in [0.4, 0.5) is 0 Å². The van der Waals surface area contributed by atoms with Crippen molar-refractivity contribution in [3.63, 3.8) is 0 Å². The molecule has 0 radical (unpaired) electrons. The Bertz CT molecular complexity index is 649. The summed E-state index contributed by atoms with van der Waals surface area (Å²) in [5.74, 6) is -0.845. The minimum Gasteiger partial charge on any atom is -0.476 e. The molecule has 1 aliphatic carbocycles. The van der Waals surface area contributed by atoms with Crippen LogP contribution in [-0.4, -0.2) is 27.4 Å². The monoisotopic (exact) mass is 285 g/mol. The second-order valence-electron chi connectivity index (χ2n) is 5.48. The van der Waals surface area contributed by atoms with Crippen LogP contribution in [0.25, 0.3) is 0 Å². The van der Waals surface area contributed by atoms with E-state index in [-0.39, 0.29) is 11.6 Å². The van der Waals surface area contributed by atoms with Crippen molar-refractivity contribution in [2.45, 2.75) is 31.7 Å². The number of aromatic carboxylic acids is 1. The number of carbonyl (C=O) groups is 1. The highest BCUT2D eigenvalue weighted by atomic mass is 16.4. The summed E-state index contributed by atoms with van der Waals surface area (Å²) in [6.07, 6.45) is 2.86. The number of carboxylic acids is 1. The number of benzene rings is 1. The fraction of sp³-hybridized carbons (Fsp3) is 0.375. The van der Waals surface area contributed by atoms with Gasteiger partial charge in [-0.05, 0) is 31.4 Å². The predicted octanol–water partition coefficient (Wildman–Crippen LogP) is 2.01. The highest BCUT2D eigenvalue weighted by Gasteiger charge is 2.30. The smallest absolute Gasteiger partial charge is 0.356 e. The lowest BCUT2D eigenvalue weighted by Crippen LogP contribution is -2.20. The zero-order valence-electron chi connectivity index (χ0n) is 11.8. The number of nitrogens with two attached hydrogens (primary N) is 1. The molecule has 0 spiro atoms. The molecule has 21 heavy (non-hydrogen) atoms. The Hall–Kier alpha value is -2.14. The van der Waals surface area contributed by atoms with Crippen LogP contribution in [0.2, 0.25) is 0 Å². The van der Waals surface area contributed by atoms with Gasteiger partial charge in [-0.25, -0.2) is 4.79 Å². The van der Waals surface area contributed by atoms with E-state index in [0.717, 1.165) is 36.1 Å². The van der Waals surface area contributed by atoms with Crippen LogP contribution in [0.15, 0.2) is 30.3 Å². The van der Waals surface area contributed by atoms with Gasteiger partial charge in [-0.3, -0.25) is 4.68 Å². The molecule has 1 unspecified atom stereocenters. The quantitative estimate of drug-likeness (QED) is 0.900. The van der Waals surface area contributed by atoms with E-state index in [2.05, 4.69) is 5.10 Å². The molecule has 5 nitrogen and oxygen atoms in total. The van der Waals surface area contributed by atoms with Crippen molar-refractivity contribution in [2.75, 3.05) is 6.54 Å². The summed E-state index contributed by atoms with van der Waals surface area (Å²) in [5.41, 5.74) is 9.01. The van der Waals surface area contributed by atoms with Gasteiger partial charge in [-0.2, -0.15) is 5.10 Å². The Morgan fingerprint density at radius 3 is 2.81 bits per heavy atom. The van der Waals surface area contributed by atoms with Crippen molar-refractivity contribution in [3.05, 3.63) is 52.8 Å². The molecule has 0 bridgehead atoms. The minimum atomic E-state index is -0.960. The Kier molecular flexibility index (Phi) is 3.75. The SMILES string of the molecule is NCC1CCCc2c1c(C(=O)O)nn2Cc1ccccc1. The van der Waals surface area contributed by atoms with Gasteiger partial charge in [-0.15, -0.1) is 0 Å². The first-order valence-corrected chi connectivity index (χ1v) is 7.27. The highest BCUT2D eigenvalue weighted by Crippen LogP contribution is 2.33. The molecule has 0 aliphatic heterocycles. The van der Waals surface area contributed by atoms with Crippen molar-refractivity contribution in [1.29, 1.82) is 0 Å². The highest BCUT2D eigenvalue weighted by molar-refractivity contribution is 5.87. The van der Waals surface area contributed by atoms with Crippen molar-refractivity contribution < 1.29 is 9.90 Å². The number of rotatable bonds is 4. The molecule has 1 atom stereocenters. The second kappa shape index (κ2) is 5.69. The van der Waals surface area contributed by atoms with Crippen LogP contribution in [0.1, 0.15) is 46.1 Å². The third-order valence-electron chi connectivity index (χ3n) is 4.13.